The SMILES string of the molecule is CC(C)c1nc(-c2ncn3c2C(C)(C)N(C(=O)N2CCCC2)c2ccccc2-3)no1. The number of carbonyl (C=O) groups is 1. The molecule has 4 heterocycles. The van der Waals surface area contributed by atoms with Crippen molar-refractivity contribution < 1.29 is 9.32 Å². The first-order chi connectivity index (χ1) is 14.4. The van der Waals surface area contributed by atoms with Crippen LogP contribution in [0.25, 0.3) is 17.2 Å². The summed E-state index contributed by atoms with van der Waals surface area (Å²) in [4.78, 5) is 26.7. The summed E-state index contributed by atoms with van der Waals surface area (Å²) in [7, 11) is 0. The Labute approximate surface area is 175 Å². The predicted octanol–water partition coefficient (Wildman–Crippen LogP) is 4.32. The van der Waals surface area contributed by atoms with Crippen LogP contribution in [-0.2, 0) is 5.54 Å². The summed E-state index contributed by atoms with van der Waals surface area (Å²) in [5.74, 6) is 1.16. The van der Waals surface area contributed by atoms with Crippen molar-refractivity contribution in [2.24, 2.45) is 0 Å². The highest BCUT2D eigenvalue weighted by molar-refractivity contribution is 5.97. The van der Waals surface area contributed by atoms with Crippen LogP contribution in [0.1, 0.15) is 58.0 Å². The summed E-state index contributed by atoms with van der Waals surface area (Å²) in [6.07, 6.45) is 3.88. The zero-order valence-corrected chi connectivity index (χ0v) is 17.8. The van der Waals surface area contributed by atoms with E-state index in [1.54, 1.807) is 6.33 Å². The van der Waals surface area contributed by atoms with E-state index in [1.807, 2.05) is 52.5 Å². The van der Waals surface area contributed by atoms with Gasteiger partial charge in [0.2, 0.25) is 11.7 Å². The summed E-state index contributed by atoms with van der Waals surface area (Å²) in [5, 5.41) is 4.18. The quantitative estimate of drug-likeness (QED) is 0.633. The molecule has 1 fully saturated rings. The molecular formula is C22H26N6O2. The van der Waals surface area contributed by atoms with Crippen LogP contribution in [0.3, 0.4) is 0 Å². The van der Waals surface area contributed by atoms with E-state index in [9.17, 15) is 4.79 Å². The molecule has 2 aromatic heterocycles. The first kappa shape index (κ1) is 18.8. The number of aromatic nitrogens is 4. The number of anilines is 1. The zero-order chi connectivity index (χ0) is 21.0. The Morgan fingerprint density at radius 2 is 1.83 bits per heavy atom. The summed E-state index contributed by atoms with van der Waals surface area (Å²) in [6.45, 7) is 9.71. The Hall–Kier alpha value is -3.16. The smallest absolute Gasteiger partial charge is 0.325 e. The molecule has 2 amide bonds. The summed E-state index contributed by atoms with van der Waals surface area (Å²) in [5.41, 5.74) is 2.67. The number of rotatable bonds is 2. The molecule has 30 heavy (non-hydrogen) atoms. The fraction of sp³-hybridized carbons (Fsp3) is 0.455. The van der Waals surface area contributed by atoms with Gasteiger partial charge in [-0.2, -0.15) is 4.98 Å². The van der Waals surface area contributed by atoms with Gasteiger partial charge in [0.15, 0.2) is 0 Å². The Morgan fingerprint density at radius 1 is 1.13 bits per heavy atom. The number of hydrogen-bond donors (Lipinski definition) is 0. The molecule has 2 aliphatic heterocycles. The highest BCUT2D eigenvalue weighted by atomic mass is 16.5. The van der Waals surface area contributed by atoms with Crippen molar-refractivity contribution in [3.05, 3.63) is 42.2 Å². The molecule has 0 atom stereocenters. The van der Waals surface area contributed by atoms with Crippen LogP contribution in [0.15, 0.2) is 35.1 Å². The van der Waals surface area contributed by atoms with E-state index in [1.165, 1.54) is 0 Å². The number of amides is 2. The highest BCUT2D eigenvalue weighted by Gasteiger charge is 2.46. The monoisotopic (exact) mass is 406 g/mol. The average Bonchev–Trinajstić information content (AvgIpc) is 3.47. The molecule has 5 rings (SSSR count). The third kappa shape index (κ3) is 2.66. The standard InChI is InChI=1S/C22H26N6O2/c1-14(2)20-24-19(25-30-20)17-18-22(3,4)28(21(29)26-11-7-8-12-26)16-10-6-5-9-15(16)27(18)13-23-17/h5-6,9-10,13-14H,7-8,11-12H2,1-4H3. The molecule has 1 aromatic carbocycles. The minimum Gasteiger partial charge on any atom is -0.339 e. The summed E-state index contributed by atoms with van der Waals surface area (Å²) < 4.78 is 7.48. The van der Waals surface area contributed by atoms with E-state index < -0.39 is 5.54 Å². The summed E-state index contributed by atoms with van der Waals surface area (Å²) in [6, 6.07) is 7.98. The van der Waals surface area contributed by atoms with Gasteiger partial charge in [-0.3, -0.25) is 9.47 Å². The largest absolute Gasteiger partial charge is 0.339 e. The van der Waals surface area contributed by atoms with E-state index in [2.05, 4.69) is 29.0 Å². The molecule has 0 N–H and O–H groups in total. The van der Waals surface area contributed by atoms with Gasteiger partial charge < -0.3 is 9.42 Å². The fourth-order valence-corrected chi connectivity index (χ4v) is 4.50. The van der Waals surface area contributed by atoms with Crippen LogP contribution >= 0.6 is 0 Å². The van der Waals surface area contributed by atoms with Crippen molar-refractivity contribution in [2.75, 3.05) is 18.0 Å². The van der Waals surface area contributed by atoms with Gasteiger partial charge in [-0.15, -0.1) is 0 Å². The lowest BCUT2D eigenvalue weighted by Crippen LogP contribution is -2.54. The third-order valence-electron chi connectivity index (χ3n) is 6.00. The number of likely N-dealkylation sites (tertiary alicyclic amines) is 1. The Balaban J connectivity index is 1.69. The van der Waals surface area contributed by atoms with Gasteiger partial charge in [-0.1, -0.05) is 31.1 Å². The number of fused-ring (bicyclic) bond motifs is 3. The van der Waals surface area contributed by atoms with Crippen LogP contribution in [0.2, 0.25) is 0 Å². The second-order valence-electron chi connectivity index (χ2n) is 8.78. The minimum atomic E-state index is -0.654. The molecular weight excluding hydrogens is 380 g/mol. The average molecular weight is 406 g/mol. The van der Waals surface area contributed by atoms with Crippen molar-refractivity contribution >= 4 is 11.7 Å². The number of benzene rings is 1. The van der Waals surface area contributed by atoms with Crippen LogP contribution in [0.5, 0.6) is 0 Å². The van der Waals surface area contributed by atoms with E-state index in [0.717, 1.165) is 43.0 Å². The van der Waals surface area contributed by atoms with Crippen LogP contribution in [0, 0.1) is 0 Å². The zero-order valence-electron chi connectivity index (χ0n) is 17.8. The molecule has 8 nitrogen and oxygen atoms in total. The van der Waals surface area contributed by atoms with Gasteiger partial charge in [0.25, 0.3) is 0 Å². The van der Waals surface area contributed by atoms with Gasteiger partial charge >= 0.3 is 6.03 Å². The molecule has 0 aliphatic carbocycles. The van der Waals surface area contributed by atoms with Gasteiger partial charge in [-0.05, 0) is 38.8 Å². The van der Waals surface area contributed by atoms with Crippen molar-refractivity contribution in [1.29, 1.82) is 0 Å². The number of carbonyl (C=O) groups excluding carboxylic acids is 1. The lowest BCUT2D eigenvalue weighted by atomic mass is 9.91. The Bertz CT molecular complexity index is 1110. The number of urea groups is 1. The van der Waals surface area contributed by atoms with E-state index in [4.69, 9.17) is 4.52 Å². The molecule has 2 aliphatic rings. The molecule has 0 radical (unpaired) electrons. The maximum atomic E-state index is 13.6. The molecule has 0 bridgehead atoms. The number of hydrogen-bond acceptors (Lipinski definition) is 5. The topological polar surface area (TPSA) is 80.3 Å². The molecule has 0 spiro atoms. The molecule has 156 valence electrons. The first-order valence-corrected chi connectivity index (χ1v) is 10.5. The van der Waals surface area contributed by atoms with E-state index >= 15 is 0 Å². The van der Waals surface area contributed by atoms with Gasteiger partial charge in [0, 0.05) is 19.0 Å². The molecule has 8 heteroatoms. The van der Waals surface area contributed by atoms with Gasteiger partial charge in [-0.25, -0.2) is 9.78 Å². The maximum Gasteiger partial charge on any atom is 0.325 e. The molecule has 0 saturated carbocycles. The van der Waals surface area contributed by atoms with Crippen molar-refractivity contribution in [2.45, 2.75) is 52.0 Å². The first-order valence-electron chi connectivity index (χ1n) is 10.5. The van der Waals surface area contributed by atoms with Crippen molar-refractivity contribution in [3.63, 3.8) is 0 Å². The second-order valence-corrected chi connectivity index (χ2v) is 8.78. The molecule has 3 aromatic rings. The number of para-hydroxylation sites is 2. The molecule has 0 unspecified atom stereocenters. The fourth-order valence-electron chi connectivity index (χ4n) is 4.50. The Morgan fingerprint density at radius 3 is 2.50 bits per heavy atom. The predicted molar refractivity (Wildman–Crippen MR) is 113 cm³/mol. The number of nitrogens with zero attached hydrogens (tertiary/aromatic N) is 6. The van der Waals surface area contributed by atoms with Crippen molar-refractivity contribution in [3.8, 4) is 17.2 Å². The lowest BCUT2D eigenvalue weighted by Gasteiger charge is -2.45. The van der Waals surface area contributed by atoms with E-state index in [0.29, 0.717) is 17.4 Å². The van der Waals surface area contributed by atoms with Crippen LogP contribution in [0.4, 0.5) is 10.5 Å². The van der Waals surface area contributed by atoms with Gasteiger partial charge in [0.1, 0.15) is 12.0 Å². The normalized spacial score (nSPS) is 17.4. The maximum absolute atomic E-state index is 13.6. The van der Waals surface area contributed by atoms with E-state index in [-0.39, 0.29) is 11.9 Å². The second kappa shape index (κ2) is 6.68. The Kier molecular flexibility index (Phi) is 4.20. The van der Waals surface area contributed by atoms with Gasteiger partial charge in [0.05, 0.1) is 22.6 Å². The number of imidazole rings is 1. The lowest BCUT2D eigenvalue weighted by molar-refractivity contribution is 0.207. The summed E-state index contributed by atoms with van der Waals surface area (Å²) >= 11 is 0. The van der Waals surface area contributed by atoms with Crippen LogP contribution < -0.4 is 4.90 Å². The highest BCUT2D eigenvalue weighted by Crippen LogP contribution is 2.45. The van der Waals surface area contributed by atoms with Crippen molar-refractivity contribution in [1.82, 2.24) is 24.6 Å². The minimum absolute atomic E-state index is 0.0272. The molecule has 1 saturated heterocycles. The van der Waals surface area contributed by atoms with Crippen LogP contribution in [-0.4, -0.2) is 43.7 Å². The third-order valence-corrected chi connectivity index (χ3v) is 6.00.